The van der Waals surface area contributed by atoms with E-state index in [9.17, 15) is 4.79 Å². The quantitative estimate of drug-likeness (QED) is 0.878. The molecule has 0 radical (unpaired) electrons. The Labute approximate surface area is 122 Å². The number of hydrogen-bond donors (Lipinski definition) is 2. The molecule has 3 nitrogen and oxygen atoms in total. The summed E-state index contributed by atoms with van der Waals surface area (Å²) >= 11 is 0. The van der Waals surface area contributed by atoms with Crippen LogP contribution in [-0.4, -0.2) is 19.0 Å². The Morgan fingerprint density at radius 3 is 2.60 bits per heavy atom. The maximum atomic E-state index is 11.8. The van der Waals surface area contributed by atoms with Crippen LogP contribution in [0, 0.1) is 12.8 Å². The number of benzene rings is 1. The molecule has 1 aliphatic carbocycles. The first-order valence-corrected chi connectivity index (χ1v) is 7.71. The van der Waals surface area contributed by atoms with E-state index in [4.69, 9.17) is 0 Å². The van der Waals surface area contributed by atoms with Crippen LogP contribution in [0.5, 0.6) is 0 Å². The van der Waals surface area contributed by atoms with Crippen molar-refractivity contribution in [2.24, 2.45) is 5.92 Å². The van der Waals surface area contributed by atoms with Crippen LogP contribution in [0.4, 0.5) is 5.69 Å². The van der Waals surface area contributed by atoms with E-state index in [0.29, 0.717) is 6.04 Å². The summed E-state index contributed by atoms with van der Waals surface area (Å²) in [4.78, 5) is 11.8. The van der Waals surface area contributed by atoms with E-state index in [1.54, 1.807) is 7.05 Å². The summed E-state index contributed by atoms with van der Waals surface area (Å²) in [5.74, 6) is 0.739. The minimum Gasteiger partial charge on any atom is -0.382 e. The fourth-order valence-electron chi connectivity index (χ4n) is 3.17. The van der Waals surface area contributed by atoms with Gasteiger partial charge in [0, 0.05) is 24.3 Å². The molecular weight excluding hydrogens is 248 g/mol. The number of rotatable bonds is 4. The highest BCUT2D eigenvalue weighted by Gasteiger charge is 2.20. The van der Waals surface area contributed by atoms with Crippen LogP contribution in [0.1, 0.15) is 54.9 Å². The molecule has 1 atom stereocenters. The lowest BCUT2D eigenvalue weighted by atomic mass is 9.84. The van der Waals surface area contributed by atoms with Gasteiger partial charge in [-0.25, -0.2) is 0 Å². The van der Waals surface area contributed by atoms with Gasteiger partial charge in [-0.05, 0) is 50.3 Å². The minimum atomic E-state index is -0.0172. The molecule has 1 unspecified atom stereocenters. The zero-order valence-electron chi connectivity index (χ0n) is 12.8. The molecule has 1 aromatic rings. The Hall–Kier alpha value is -1.51. The van der Waals surface area contributed by atoms with Gasteiger partial charge in [0.15, 0.2) is 0 Å². The Morgan fingerprint density at radius 2 is 1.95 bits per heavy atom. The number of carbonyl (C=O) groups is 1. The van der Waals surface area contributed by atoms with Crippen molar-refractivity contribution in [2.45, 2.75) is 52.0 Å². The molecule has 0 bridgehead atoms. The third kappa shape index (κ3) is 3.33. The van der Waals surface area contributed by atoms with E-state index >= 15 is 0 Å². The summed E-state index contributed by atoms with van der Waals surface area (Å²) in [6.07, 6.45) is 6.74. The van der Waals surface area contributed by atoms with Gasteiger partial charge in [-0.1, -0.05) is 25.3 Å². The number of hydrogen-bond acceptors (Lipinski definition) is 2. The zero-order valence-corrected chi connectivity index (χ0v) is 12.8. The molecule has 0 spiro atoms. The van der Waals surface area contributed by atoms with Gasteiger partial charge in [-0.2, -0.15) is 0 Å². The SMILES string of the molecule is CNC(=O)c1cccc(NC(C)C2CCCCC2)c1C. The van der Waals surface area contributed by atoms with Crippen molar-refractivity contribution in [2.75, 3.05) is 12.4 Å². The van der Waals surface area contributed by atoms with Crippen molar-refractivity contribution in [3.63, 3.8) is 0 Å². The van der Waals surface area contributed by atoms with Crippen LogP contribution in [0.25, 0.3) is 0 Å². The van der Waals surface area contributed by atoms with Crippen LogP contribution in [0.15, 0.2) is 18.2 Å². The van der Waals surface area contributed by atoms with E-state index in [-0.39, 0.29) is 5.91 Å². The van der Waals surface area contributed by atoms with E-state index in [2.05, 4.69) is 23.6 Å². The molecule has 1 fully saturated rings. The van der Waals surface area contributed by atoms with Gasteiger partial charge in [0.05, 0.1) is 0 Å². The van der Waals surface area contributed by atoms with Gasteiger partial charge in [0.1, 0.15) is 0 Å². The highest BCUT2D eigenvalue weighted by Crippen LogP contribution is 2.29. The van der Waals surface area contributed by atoms with Crippen LogP contribution in [0.2, 0.25) is 0 Å². The molecule has 0 aliphatic heterocycles. The van der Waals surface area contributed by atoms with Crippen molar-refractivity contribution >= 4 is 11.6 Å². The molecule has 2 N–H and O–H groups in total. The van der Waals surface area contributed by atoms with E-state index in [1.165, 1.54) is 32.1 Å². The van der Waals surface area contributed by atoms with Crippen LogP contribution < -0.4 is 10.6 Å². The molecule has 1 amide bonds. The highest BCUT2D eigenvalue weighted by atomic mass is 16.1. The fraction of sp³-hybridized carbons (Fsp3) is 0.588. The molecule has 3 heteroatoms. The number of nitrogens with one attached hydrogen (secondary N) is 2. The van der Waals surface area contributed by atoms with Crippen molar-refractivity contribution < 1.29 is 4.79 Å². The van der Waals surface area contributed by atoms with E-state index < -0.39 is 0 Å². The standard InChI is InChI=1S/C17H26N2O/c1-12-15(17(20)18-3)10-7-11-16(12)19-13(2)14-8-5-4-6-9-14/h7,10-11,13-14,19H,4-6,8-9H2,1-3H3,(H,18,20). The fourth-order valence-corrected chi connectivity index (χ4v) is 3.17. The number of anilines is 1. The molecule has 0 aromatic heterocycles. The van der Waals surface area contributed by atoms with Crippen LogP contribution in [-0.2, 0) is 0 Å². The highest BCUT2D eigenvalue weighted by molar-refractivity contribution is 5.96. The molecule has 20 heavy (non-hydrogen) atoms. The average Bonchev–Trinajstić information content (AvgIpc) is 2.49. The molecule has 2 rings (SSSR count). The minimum absolute atomic E-state index is 0.0172. The molecule has 1 saturated carbocycles. The topological polar surface area (TPSA) is 41.1 Å². The predicted molar refractivity (Wildman–Crippen MR) is 84.2 cm³/mol. The predicted octanol–water partition coefficient (Wildman–Crippen LogP) is 3.74. The van der Waals surface area contributed by atoms with Gasteiger partial charge in [0.25, 0.3) is 5.91 Å². The average molecular weight is 274 g/mol. The molecule has 0 saturated heterocycles. The summed E-state index contributed by atoms with van der Waals surface area (Å²) in [5.41, 5.74) is 2.88. The van der Waals surface area contributed by atoms with Gasteiger partial charge in [-0.3, -0.25) is 4.79 Å². The van der Waals surface area contributed by atoms with Gasteiger partial charge >= 0.3 is 0 Å². The summed E-state index contributed by atoms with van der Waals surface area (Å²) in [5, 5.41) is 6.32. The smallest absolute Gasteiger partial charge is 0.251 e. The third-order valence-corrected chi connectivity index (χ3v) is 4.55. The second-order valence-corrected chi connectivity index (χ2v) is 5.89. The summed E-state index contributed by atoms with van der Waals surface area (Å²) in [7, 11) is 1.67. The second kappa shape index (κ2) is 6.78. The number of carbonyl (C=O) groups excluding carboxylic acids is 1. The van der Waals surface area contributed by atoms with Gasteiger partial charge in [0.2, 0.25) is 0 Å². The molecule has 1 aromatic carbocycles. The molecule has 110 valence electrons. The molecule has 1 aliphatic rings. The third-order valence-electron chi connectivity index (χ3n) is 4.55. The van der Waals surface area contributed by atoms with E-state index in [1.807, 2.05) is 19.1 Å². The summed E-state index contributed by atoms with van der Waals surface area (Å²) in [6.45, 7) is 4.28. The Morgan fingerprint density at radius 1 is 1.25 bits per heavy atom. The lowest BCUT2D eigenvalue weighted by Gasteiger charge is -2.29. The Bertz CT molecular complexity index is 464. The maximum Gasteiger partial charge on any atom is 0.251 e. The van der Waals surface area contributed by atoms with E-state index in [0.717, 1.165) is 22.7 Å². The zero-order chi connectivity index (χ0) is 14.5. The normalized spacial score (nSPS) is 17.6. The van der Waals surface area contributed by atoms with Crippen LogP contribution in [0.3, 0.4) is 0 Å². The largest absolute Gasteiger partial charge is 0.382 e. The second-order valence-electron chi connectivity index (χ2n) is 5.89. The first-order valence-electron chi connectivity index (χ1n) is 7.71. The number of amides is 1. The lowest BCUT2D eigenvalue weighted by Crippen LogP contribution is -2.28. The van der Waals surface area contributed by atoms with Crippen LogP contribution >= 0.6 is 0 Å². The maximum absolute atomic E-state index is 11.8. The lowest BCUT2D eigenvalue weighted by molar-refractivity contribution is 0.0962. The van der Waals surface area contributed by atoms with Crippen molar-refractivity contribution in [1.82, 2.24) is 5.32 Å². The Balaban J connectivity index is 2.10. The first kappa shape index (κ1) is 14.9. The van der Waals surface area contributed by atoms with Crippen molar-refractivity contribution in [3.05, 3.63) is 29.3 Å². The van der Waals surface area contributed by atoms with Crippen molar-refractivity contribution in [1.29, 1.82) is 0 Å². The molecular formula is C17H26N2O. The molecule has 0 heterocycles. The monoisotopic (exact) mass is 274 g/mol. The summed E-state index contributed by atoms with van der Waals surface area (Å²) in [6, 6.07) is 6.37. The Kier molecular flexibility index (Phi) is 5.05. The van der Waals surface area contributed by atoms with Gasteiger partial charge < -0.3 is 10.6 Å². The van der Waals surface area contributed by atoms with Crippen molar-refractivity contribution in [3.8, 4) is 0 Å². The summed E-state index contributed by atoms with van der Waals surface area (Å²) < 4.78 is 0. The first-order chi connectivity index (χ1) is 9.63. The van der Waals surface area contributed by atoms with Gasteiger partial charge in [-0.15, -0.1) is 0 Å².